The van der Waals surface area contributed by atoms with Gasteiger partial charge in [0.1, 0.15) is 0 Å². The fourth-order valence-corrected chi connectivity index (χ4v) is 0.653. The van der Waals surface area contributed by atoms with Crippen LogP contribution < -0.4 is 0 Å². The van der Waals surface area contributed by atoms with Crippen molar-refractivity contribution in [1.82, 2.24) is 0 Å². The maximum atomic E-state index is 9.10. The smallest absolute Gasteiger partial charge is 0.154 e. The molecule has 0 aliphatic heterocycles. The third-order valence-corrected chi connectivity index (χ3v) is 1.23. The number of hydrogen-bond donors (Lipinski definition) is 2. The first-order valence-electron chi connectivity index (χ1n) is 4.07. The van der Waals surface area contributed by atoms with Gasteiger partial charge in [-0.3, -0.25) is 0 Å². The van der Waals surface area contributed by atoms with Crippen molar-refractivity contribution >= 4 is 0 Å². The normalized spacial score (nSPS) is 13.9. The van der Waals surface area contributed by atoms with E-state index in [0.717, 1.165) is 0 Å². The minimum atomic E-state index is -0.704. The third-order valence-electron chi connectivity index (χ3n) is 1.23. The van der Waals surface area contributed by atoms with E-state index in [1.165, 1.54) is 0 Å². The SMILES string of the molecule is CC(C)COC(O)CCCO. The molecule has 0 aromatic rings. The fourth-order valence-electron chi connectivity index (χ4n) is 0.653. The first-order valence-corrected chi connectivity index (χ1v) is 4.07. The molecule has 11 heavy (non-hydrogen) atoms. The van der Waals surface area contributed by atoms with Crippen LogP contribution in [0.25, 0.3) is 0 Å². The summed E-state index contributed by atoms with van der Waals surface area (Å²) in [6, 6.07) is 0. The lowest BCUT2D eigenvalue weighted by Gasteiger charge is -2.12. The number of ether oxygens (including phenoxy) is 1. The summed E-state index contributed by atoms with van der Waals surface area (Å²) in [5.41, 5.74) is 0. The molecule has 0 radical (unpaired) electrons. The van der Waals surface area contributed by atoms with Crippen molar-refractivity contribution in [3.05, 3.63) is 0 Å². The van der Waals surface area contributed by atoms with E-state index in [1.54, 1.807) is 0 Å². The Hall–Kier alpha value is -0.120. The highest BCUT2D eigenvalue weighted by Crippen LogP contribution is 2.01. The maximum absolute atomic E-state index is 9.10. The average molecular weight is 162 g/mol. The molecule has 1 atom stereocenters. The number of aliphatic hydroxyl groups excluding tert-OH is 2. The van der Waals surface area contributed by atoms with Crippen LogP contribution in [-0.4, -0.2) is 29.7 Å². The zero-order chi connectivity index (χ0) is 8.69. The second kappa shape index (κ2) is 6.58. The zero-order valence-electron chi connectivity index (χ0n) is 7.29. The number of aliphatic hydroxyl groups is 2. The molecule has 2 N–H and O–H groups in total. The Bertz CT molecular complexity index is 83.4. The van der Waals surface area contributed by atoms with E-state index >= 15 is 0 Å². The lowest BCUT2D eigenvalue weighted by molar-refractivity contribution is -0.112. The second-order valence-electron chi connectivity index (χ2n) is 3.05. The van der Waals surface area contributed by atoms with Gasteiger partial charge >= 0.3 is 0 Å². The van der Waals surface area contributed by atoms with E-state index in [1.807, 2.05) is 13.8 Å². The van der Waals surface area contributed by atoms with Crippen LogP contribution in [0.2, 0.25) is 0 Å². The summed E-state index contributed by atoms with van der Waals surface area (Å²) in [6.07, 6.45) is 0.409. The Morgan fingerprint density at radius 2 is 2.00 bits per heavy atom. The maximum Gasteiger partial charge on any atom is 0.154 e. The van der Waals surface area contributed by atoms with Gasteiger partial charge in [-0.1, -0.05) is 13.8 Å². The highest BCUT2D eigenvalue weighted by Gasteiger charge is 2.03. The fraction of sp³-hybridized carbons (Fsp3) is 1.00. The van der Waals surface area contributed by atoms with Gasteiger partial charge in [-0.05, 0) is 12.3 Å². The number of hydrogen-bond acceptors (Lipinski definition) is 3. The molecule has 0 fully saturated rings. The van der Waals surface area contributed by atoms with Crippen LogP contribution in [0.15, 0.2) is 0 Å². The van der Waals surface area contributed by atoms with Crippen LogP contribution >= 0.6 is 0 Å². The van der Waals surface area contributed by atoms with Crippen LogP contribution in [0.1, 0.15) is 26.7 Å². The molecular weight excluding hydrogens is 144 g/mol. The quantitative estimate of drug-likeness (QED) is 0.567. The van der Waals surface area contributed by atoms with Crippen molar-refractivity contribution in [2.24, 2.45) is 5.92 Å². The van der Waals surface area contributed by atoms with Crippen molar-refractivity contribution < 1.29 is 14.9 Å². The highest BCUT2D eigenvalue weighted by atomic mass is 16.6. The Labute approximate surface area is 68.0 Å². The summed E-state index contributed by atoms with van der Waals surface area (Å²) in [4.78, 5) is 0. The summed E-state index contributed by atoms with van der Waals surface area (Å²) in [5, 5.41) is 17.5. The third kappa shape index (κ3) is 7.78. The van der Waals surface area contributed by atoms with Crippen LogP contribution in [-0.2, 0) is 4.74 Å². The van der Waals surface area contributed by atoms with E-state index in [-0.39, 0.29) is 6.61 Å². The molecule has 3 heteroatoms. The Kier molecular flexibility index (Phi) is 6.51. The monoisotopic (exact) mass is 162 g/mol. The average Bonchev–Trinajstić information content (AvgIpc) is 1.97. The Balaban J connectivity index is 3.15. The summed E-state index contributed by atoms with van der Waals surface area (Å²) >= 11 is 0. The van der Waals surface area contributed by atoms with Gasteiger partial charge in [0.25, 0.3) is 0 Å². The van der Waals surface area contributed by atoms with E-state index in [4.69, 9.17) is 14.9 Å². The van der Waals surface area contributed by atoms with Crippen LogP contribution in [0.3, 0.4) is 0 Å². The van der Waals surface area contributed by atoms with Gasteiger partial charge in [0.05, 0.1) is 6.61 Å². The molecule has 0 heterocycles. The van der Waals surface area contributed by atoms with Gasteiger partial charge < -0.3 is 14.9 Å². The molecule has 0 saturated carbocycles. The first kappa shape index (κ1) is 10.9. The molecule has 1 unspecified atom stereocenters. The van der Waals surface area contributed by atoms with Gasteiger partial charge in [0, 0.05) is 13.0 Å². The molecule has 0 aliphatic rings. The zero-order valence-corrected chi connectivity index (χ0v) is 7.29. The molecule has 0 bridgehead atoms. The van der Waals surface area contributed by atoms with E-state index in [0.29, 0.717) is 25.4 Å². The highest BCUT2D eigenvalue weighted by molar-refractivity contribution is 4.45. The lowest BCUT2D eigenvalue weighted by atomic mass is 10.2. The lowest BCUT2D eigenvalue weighted by Crippen LogP contribution is -2.15. The van der Waals surface area contributed by atoms with Crippen LogP contribution in [0.4, 0.5) is 0 Å². The Morgan fingerprint density at radius 3 is 2.45 bits per heavy atom. The summed E-state index contributed by atoms with van der Waals surface area (Å²) in [7, 11) is 0. The standard InChI is InChI=1S/C8H18O3/c1-7(2)6-11-8(10)4-3-5-9/h7-10H,3-6H2,1-2H3. The van der Waals surface area contributed by atoms with Crippen LogP contribution in [0.5, 0.6) is 0 Å². The molecule has 0 amide bonds. The summed E-state index contributed by atoms with van der Waals surface area (Å²) in [5.74, 6) is 0.443. The minimum absolute atomic E-state index is 0.113. The van der Waals surface area contributed by atoms with E-state index < -0.39 is 6.29 Å². The molecule has 0 aliphatic carbocycles. The molecule has 68 valence electrons. The van der Waals surface area contributed by atoms with Gasteiger partial charge in [-0.25, -0.2) is 0 Å². The van der Waals surface area contributed by atoms with Crippen LogP contribution in [0, 0.1) is 5.92 Å². The molecular formula is C8H18O3. The summed E-state index contributed by atoms with van der Waals surface area (Å²) in [6.45, 7) is 4.74. The predicted molar refractivity (Wildman–Crippen MR) is 43.1 cm³/mol. The predicted octanol–water partition coefficient (Wildman–Crippen LogP) is 0.750. The van der Waals surface area contributed by atoms with Crippen molar-refractivity contribution in [2.45, 2.75) is 33.0 Å². The number of rotatable bonds is 6. The van der Waals surface area contributed by atoms with Crippen molar-refractivity contribution in [1.29, 1.82) is 0 Å². The molecule has 0 rings (SSSR count). The molecule has 3 nitrogen and oxygen atoms in total. The van der Waals surface area contributed by atoms with Crippen molar-refractivity contribution in [2.75, 3.05) is 13.2 Å². The molecule has 0 aromatic carbocycles. The van der Waals surface area contributed by atoms with Crippen molar-refractivity contribution in [3.8, 4) is 0 Å². The molecule has 0 saturated heterocycles. The van der Waals surface area contributed by atoms with E-state index in [9.17, 15) is 0 Å². The largest absolute Gasteiger partial charge is 0.396 e. The van der Waals surface area contributed by atoms with Gasteiger partial charge in [0.15, 0.2) is 6.29 Å². The minimum Gasteiger partial charge on any atom is -0.396 e. The van der Waals surface area contributed by atoms with Gasteiger partial charge in [-0.15, -0.1) is 0 Å². The topological polar surface area (TPSA) is 49.7 Å². The molecule has 0 aromatic heterocycles. The second-order valence-corrected chi connectivity index (χ2v) is 3.05. The van der Waals surface area contributed by atoms with Gasteiger partial charge in [-0.2, -0.15) is 0 Å². The first-order chi connectivity index (χ1) is 5.16. The summed E-state index contributed by atoms with van der Waals surface area (Å²) < 4.78 is 5.05. The van der Waals surface area contributed by atoms with Crippen molar-refractivity contribution in [3.63, 3.8) is 0 Å². The Morgan fingerprint density at radius 1 is 1.36 bits per heavy atom. The van der Waals surface area contributed by atoms with Gasteiger partial charge in [0.2, 0.25) is 0 Å². The van der Waals surface area contributed by atoms with E-state index in [2.05, 4.69) is 0 Å². The molecule has 0 spiro atoms.